The highest BCUT2D eigenvalue weighted by Gasteiger charge is 2.16. The van der Waals surface area contributed by atoms with Crippen LogP contribution in [0.1, 0.15) is 29.0 Å². The number of likely N-dealkylation sites (N-methyl/N-ethyl adjacent to an activating group) is 1. The molecule has 1 aliphatic heterocycles. The lowest BCUT2D eigenvalue weighted by Crippen LogP contribution is -2.44. The van der Waals surface area contributed by atoms with E-state index in [1.807, 2.05) is 43.3 Å². The fraction of sp³-hybridized carbons (Fsp3) is 0.368. The third-order valence-corrected chi connectivity index (χ3v) is 4.50. The third-order valence-electron chi connectivity index (χ3n) is 4.50. The molecule has 0 radical (unpaired) electrons. The van der Waals surface area contributed by atoms with Crippen LogP contribution in [-0.4, -0.2) is 49.0 Å². The second-order valence-electron chi connectivity index (χ2n) is 6.30. The summed E-state index contributed by atoms with van der Waals surface area (Å²) in [5.41, 5.74) is 2.62. The van der Waals surface area contributed by atoms with Gasteiger partial charge in [0.15, 0.2) is 0 Å². The second kappa shape index (κ2) is 7.45. The van der Waals surface area contributed by atoms with Gasteiger partial charge in [0.25, 0.3) is 5.91 Å². The molecule has 0 bridgehead atoms. The van der Waals surface area contributed by atoms with Crippen molar-refractivity contribution in [3.63, 3.8) is 0 Å². The lowest BCUT2D eigenvalue weighted by atomic mass is 10.1. The van der Waals surface area contributed by atoms with Crippen molar-refractivity contribution in [2.45, 2.75) is 13.0 Å². The number of hydrogen-bond acceptors (Lipinski definition) is 4. The number of piperazine rings is 1. The van der Waals surface area contributed by atoms with Crippen molar-refractivity contribution in [3.05, 3.63) is 59.9 Å². The Balaban J connectivity index is 1.61. The van der Waals surface area contributed by atoms with Gasteiger partial charge in [0.2, 0.25) is 0 Å². The number of anilines is 1. The van der Waals surface area contributed by atoms with Crippen LogP contribution >= 0.6 is 0 Å². The van der Waals surface area contributed by atoms with Gasteiger partial charge in [-0.1, -0.05) is 30.3 Å². The van der Waals surface area contributed by atoms with Crippen molar-refractivity contribution >= 4 is 11.6 Å². The van der Waals surface area contributed by atoms with Crippen LogP contribution in [0.4, 0.5) is 5.69 Å². The molecule has 1 aromatic carbocycles. The zero-order valence-electron chi connectivity index (χ0n) is 14.3. The first-order chi connectivity index (χ1) is 11.6. The molecule has 24 heavy (non-hydrogen) atoms. The van der Waals surface area contributed by atoms with E-state index in [-0.39, 0.29) is 11.9 Å². The Labute approximate surface area is 143 Å². The summed E-state index contributed by atoms with van der Waals surface area (Å²) in [5, 5.41) is 3.00. The maximum atomic E-state index is 12.4. The van der Waals surface area contributed by atoms with E-state index in [1.54, 1.807) is 12.3 Å². The van der Waals surface area contributed by atoms with E-state index >= 15 is 0 Å². The molecule has 1 saturated heterocycles. The number of hydrogen-bond donors (Lipinski definition) is 1. The Bertz CT molecular complexity index is 664. The number of pyridine rings is 1. The minimum Gasteiger partial charge on any atom is -0.368 e. The highest BCUT2D eigenvalue weighted by atomic mass is 16.1. The summed E-state index contributed by atoms with van der Waals surface area (Å²) >= 11 is 0. The SMILES string of the molecule is CC(NC(=O)c1ccc(N2CCN(C)CC2)cn1)c1ccccc1. The van der Waals surface area contributed by atoms with Crippen molar-refractivity contribution in [3.8, 4) is 0 Å². The number of benzene rings is 1. The second-order valence-corrected chi connectivity index (χ2v) is 6.30. The Morgan fingerprint density at radius 3 is 2.42 bits per heavy atom. The van der Waals surface area contributed by atoms with Crippen LogP contribution in [0.2, 0.25) is 0 Å². The Morgan fingerprint density at radius 1 is 1.08 bits per heavy atom. The minimum absolute atomic E-state index is 0.0437. The molecule has 1 atom stereocenters. The number of rotatable bonds is 4. The molecular weight excluding hydrogens is 300 g/mol. The molecule has 126 valence electrons. The molecule has 0 spiro atoms. The molecule has 1 N–H and O–H groups in total. The summed E-state index contributed by atoms with van der Waals surface area (Å²) in [6.07, 6.45) is 1.80. The molecule has 2 heterocycles. The molecule has 1 aliphatic rings. The molecule has 0 aliphatic carbocycles. The van der Waals surface area contributed by atoms with Crippen molar-refractivity contribution in [2.24, 2.45) is 0 Å². The topological polar surface area (TPSA) is 48.5 Å². The van der Waals surface area contributed by atoms with E-state index in [0.717, 1.165) is 37.4 Å². The predicted molar refractivity (Wildman–Crippen MR) is 96.3 cm³/mol. The van der Waals surface area contributed by atoms with Crippen molar-refractivity contribution in [2.75, 3.05) is 38.1 Å². The van der Waals surface area contributed by atoms with Gasteiger partial charge in [-0.2, -0.15) is 0 Å². The summed E-state index contributed by atoms with van der Waals surface area (Å²) < 4.78 is 0. The molecular formula is C19H24N4O. The van der Waals surface area contributed by atoms with Crippen LogP contribution in [0.15, 0.2) is 48.7 Å². The summed E-state index contributed by atoms with van der Waals surface area (Å²) in [5.74, 6) is -0.142. The van der Waals surface area contributed by atoms with Crippen LogP contribution in [0.3, 0.4) is 0 Å². The van der Waals surface area contributed by atoms with E-state index < -0.39 is 0 Å². The van der Waals surface area contributed by atoms with Crippen LogP contribution in [0.25, 0.3) is 0 Å². The fourth-order valence-corrected chi connectivity index (χ4v) is 2.87. The van der Waals surface area contributed by atoms with E-state index in [2.05, 4.69) is 27.1 Å². The van der Waals surface area contributed by atoms with Gasteiger partial charge in [-0.05, 0) is 31.7 Å². The number of carbonyl (C=O) groups is 1. The number of nitrogens with zero attached hydrogens (tertiary/aromatic N) is 3. The lowest BCUT2D eigenvalue weighted by molar-refractivity contribution is 0.0935. The predicted octanol–water partition coefficient (Wildman–Crippen LogP) is 2.32. The van der Waals surface area contributed by atoms with Gasteiger partial charge in [0.05, 0.1) is 17.9 Å². The highest BCUT2D eigenvalue weighted by molar-refractivity contribution is 5.92. The van der Waals surface area contributed by atoms with Crippen molar-refractivity contribution in [1.82, 2.24) is 15.2 Å². The third kappa shape index (κ3) is 3.92. The van der Waals surface area contributed by atoms with Crippen LogP contribution in [0, 0.1) is 0 Å². The molecule has 1 unspecified atom stereocenters. The Kier molecular flexibility index (Phi) is 5.11. The zero-order valence-corrected chi connectivity index (χ0v) is 14.3. The molecule has 3 rings (SSSR count). The van der Waals surface area contributed by atoms with Crippen molar-refractivity contribution < 1.29 is 4.79 Å². The van der Waals surface area contributed by atoms with Gasteiger partial charge < -0.3 is 15.1 Å². The highest BCUT2D eigenvalue weighted by Crippen LogP contribution is 2.16. The van der Waals surface area contributed by atoms with E-state index in [0.29, 0.717) is 5.69 Å². The number of nitrogens with one attached hydrogen (secondary N) is 1. The molecule has 1 aromatic heterocycles. The van der Waals surface area contributed by atoms with Crippen LogP contribution in [0.5, 0.6) is 0 Å². The first kappa shape index (κ1) is 16.5. The van der Waals surface area contributed by atoms with Crippen LogP contribution in [-0.2, 0) is 0 Å². The molecule has 2 aromatic rings. The summed E-state index contributed by atoms with van der Waals surface area (Å²) in [6.45, 7) is 6.07. The zero-order chi connectivity index (χ0) is 16.9. The Hall–Kier alpha value is -2.40. The molecule has 0 saturated carbocycles. The van der Waals surface area contributed by atoms with Gasteiger partial charge >= 0.3 is 0 Å². The van der Waals surface area contributed by atoms with Crippen LogP contribution < -0.4 is 10.2 Å². The van der Waals surface area contributed by atoms with Gasteiger partial charge in [-0.25, -0.2) is 4.98 Å². The minimum atomic E-state index is -0.142. The summed E-state index contributed by atoms with van der Waals surface area (Å²) in [4.78, 5) is 21.3. The van der Waals surface area contributed by atoms with Crippen molar-refractivity contribution in [1.29, 1.82) is 0 Å². The summed E-state index contributed by atoms with van der Waals surface area (Å²) in [6, 6.07) is 13.7. The average molecular weight is 324 g/mol. The van der Waals surface area contributed by atoms with Gasteiger partial charge in [0.1, 0.15) is 5.69 Å². The molecule has 1 fully saturated rings. The monoisotopic (exact) mass is 324 g/mol. The largest absolute Gasteiger partial charge is 0.368 e. The molecule has 5 heteroatoms. The van der Waals surface area contributed by atoms with Gasteiger partial charge in [-0.15, -0.1) is 0 Å². The fourth-order valence-electron chi connectivity index (χ4n) is 2.87. The summed E-state index contributed by atoms with van der Waals surface area (Å²) in [7, 11) is 2.14. The number of carbonyl (C=O) groups excluding carboxylic acids is 1. The first-order valence-corrected chi connectivity index (χ1v) is 8.39. The first-order valence-electron chi connectivity index (χ1n) is 8.39. The smallest absolute Gasteiger partial charge is 0.270 e. The van der Waals surface area contributed by atoms with E-state index in [4.69, 9.17) is 0 Å². The van der Waals surface area contributed by atoms with E-state index in [1.165, 1.54) is 0 Å². The Morgan fingerprint density at radius 2 is 1.79 bits per heavy atom. The lowest BCUT2D eigenvalue weighted by Gasteiger charge is -2.33. The maximum Gasteiger partial charge on any atom is 0.270 e. The standard InChI is InChI=1S/C19H24N4O/c1-15(16-6-4-3-5-7-16)21-19(24)18-9-8-17(14-20-18)23-12-10-22(2)11-13-23/h3-9,14-15H,10-13H2,1-2H3,(H,21,24). The number of aromatic nitrogens is 1. The number of amides is 1. The average Bonchev–Trinajstić information content (AvgIpc) is 2.63. The van der Waals surface area contributed by atoms with E-state index in [9.17, 15) is 4.79 Å². The maximum absolute atomic E-state index is 12.4. The molecule has 5 nitrogen and oxygen atoms in total. The quantitative estimate of drug-likeness (QED) is 0.938. The molecule has 1 amide bonds. The normalized spacial score (nSPS) is 16.7. The van der Waals surface area contributed by atoms with Gasteiger partial charge in [-0.3, -0.25) is 4.79 Å². The van der Waals surface area contributed by atoms with Gasteiger partial charge in [0, 0.05) is 26.2 Å².